The van der Waals surface area contributed by atoms with Gasteiger partial charge in [0.25, 0.3) is 5.92 Å². The Morgan fingerprint density at radius 1 is 1.11 bits per heavy atom. The van der Waals surface area contributed by atoms with Crippen LogP contribution < -0.4 is 10.6 Å². The first-order valence-electron chi connectivity index (χ1n) is 9.44. The van der Waals surface area contributed by atoms with Gasteiger partial charge in [-0.15, -0.1) is 0 Å². The van der Waals surface area contributed by atoms with Crippen molar-refractivity contribution in [3.05, 3.63) is 42.1 Å². The van der Waals surface area contributed by atoms with E-state index in [9.17, 15) is 8.78 Å². The van der Waals surface area contributed by atoms with Crippen molar-refractivity contribution in [2.24, 2.45) is 7.05 Å². The maximum absolute atomic E-state index is 13.2. The van der Waals surface area contributed by atoms with Crippen LogP contribution in [0.2, 0.25) is 0 Å². The minimum absolute atomic E-state index is 0.249. The predicted molar refractivity (Wildman–Crippen MR) is 110 cm³/mol. The van der Waals surface area contributed by atoms with Gasteiger partial charge >= 0.3 is 0 Å². The second-order valence-electron chi connectivity index (χ2n) is 6.52. The van der Waals surface area contributed by atoms with Gasteiger partial charge in [0.2, 0.25) is 5.95 Å². The van der Waals surface area contributed by atoms with Gasteiger partial charge in [-0.2, -0.15) is 15.1 Å². The second kappa shape index (κ2) is 9.43. The number of aromatic nitrogens is 4. The number of rotatable bonds is 7. The van der Waals surface area contributed by atoms with E-state index in [1.54, 1.807) is 17.9 Å². The van der Waals surface area contributed by atoms with Crippen molar-refractivity contribution in [3.63, 3.8) is 0 Å². The number of fused-ring (bicyclic) bond motifs is 1. The van der Waals surface area contributed by atoms with E-state index in [0.717, 1.165) is 6.92 Å². The van der Waals surface area contributed by atoms with Gasteiger partial charge in [0.05, 0.1) is 18.1 Å². The van der Waals surface area contributed by atoms with E-state index < -0.39 is 12.5 Å². The maximum Gasteiger partial charge on any atom is 0.262 e. The number of aryl methyl sites for hydroxylation is 1. The minimum atomic E-state index is -2.84. The van der Waals surface area contributed by atoms with Gasteiger partial charge < -0.3 is 10.6 Å². The highest BCUT2D eigenvalue weighted by molar-refractivity contribution is 5.87. The van der Waals surface area contributed by atoms with Crippen molar-refractivity contribution in [3.8, 4) is 0 Å². The lowest BCUT2D eigenvalue weighted by atomic mass is 10.0. The smallest absolute Gasteiger partial charge is 0.262 e. The average molecular weight is 390 g/mol. The normalized spacial score (nSPS) is 12.2. The molecule has 2 heterocycles. The molecular weight excluding hydrogens is 362 g/mol. The van der Waals surface area contributed by atoms with Crippen molar-refractivity contribution < 1.29 is 8.78 Å². The molecule has 1 aromatic carbocycles. The fraction of sp³-hybridized carbons (Fsp3) is 0.450. The van der Waals surface area contributed by atoms with E-state index >= 15 is 0 Å². The fourth-order valence-electron chi connectivity index (χ4n) is 2.62. The highest BCUT2D eigenvalue weighted by atomic mass is 19.3. The van der Waals surface area contributed by atoms with Crippen molar-refractivity contribution in [1.29, 1.82) is 0 Å². The van der Waals surface area contributed by atoms with Gasteiger partial charge in [0, 0.05) is 20.5 Å². The van der Waals surface area contributed by atoms with Crippen LogP contribution in [0.15, 0.2) is 36.5 Å². The molecule has 0 fully saturated rings. The molecular formula is C20H28F2N6. The SMILES string of the molecule is CC.CC(CNc1nc(NCC(C)(F)F)c2cnn(C)c2n1)c1ccccc1. The summed E-state index contributed by atoms with van der Waals surface area (Å²) in [4.78, 5) is 8.82. The van der Waals surface area contributed by atoms with Crippen molar-refractivity contribution in [2.75, 3.05) is 23.7 Å². The van der Waals surface area contributed by atoms with Gasteiger partial charge in [-0.3, -0.25) is 4.68 Å². The molecule has 0 aliphatic carbocycles. The zero-order valence-electron chi connectivity index (χ0n) is 17.0. The van der Waals surface area contributed by atoms with E-state index in [1.807, 2.05) is 32.0 Å². The molecule has 0 radical (unpaired) electrons. The molecule has 0 saturated heterocycles. The van der Waals surface area contributed by atoms with E-state index in [0.29, 0.717) is 29.3 Å². The monoisotopic (exact) mass is 390 g/mol. The molecule has 1 atom stereocenters. The Bertz CT molecular complexity index is 874. The Kier molecular flexibility index (Phi) is 7.25. The van der Waals surface area contributed by atoms with Gasteiger partial charge in [-0.1, -0.05) is 51.1 Å². The molecule has 2 aromatic heterocycles. The predicted octanol–water partition coefficient (Wildman–Crippen LogP) is 4.67. The summed E-state index contributed by atoms with van der Waals surface area (Å²) in [6, 6.07) is 10.1. The van der Waals surface area contributed by atoms with E-state index in [1.165, 1.54) is 5.56 Å². The van der Waals surface area contributed by atoms with Crippen LogP contribution in [-0.2, 0) is 7.05 Å². The summed E-state index contributed by atoms with van der Waals surface area (Å²) in [6.45, 7) is 7.08. The van der Waals surface area contributed by atoms with Crippen molar-refractivity contribution >= 4 is 22.8 Å². The Morgan fingerprint density at radius 3 is 2.43 bits per heavy atom. The largest absolute Gasteiger partial charge is 0.363 e. The average Bonchev–Trinajstić information content (AvgIpc) is 3.07. The van der Waals surface area contributed by atoms with Gasteiger partial charge in [-0.05, 0) is 11.5 Å². The highest BCUT2D eigenvalue weighted by Crippen LogP contribution is 2.23. The summed E-state index contributed by atoms with van der Waals surface area (Å²) >= 11 is 0. The lowest BCUT2D eigenvalue weighted by Gasteiger charge is -2.15. The minimum Gasteiger partial charge on any atom is -0.363 e. The van der Waals surface area contributed by atoms with Gasteiger partial charge in [0.1, 0.15) is 5.82 Å². The summed E-state index contributed by atoms with van der Waals surface area (Å²) in [5, 5.41) is 10.7. The van der Waals surface area contributed by atoms with Crippen molar-refractivity contribution in [2.45, 2.75) is 39.5 Å². The first kappa shape index (κ1) is 21.5. The molecule has 3 aromatic rings. The first-order valence-corrected chi connectivity index (χ1v) is 9.44. The Balaban J connectivity index is 0.00000136. The zero-order valence-corrected chi connectivity index (χ0v) is 17.0. The second-order valence-corrected chi connectivity index (χ2v) is 6.52. The number of benzene rings is 1. The van der Waals surface area contributed by atoms with Crippen molar-refractivity contribution in [1.82, 2.24) is 19.7 Å². The molecule has 0 amide bonds. The molecule has 28 heavy (non-hydrogen) atoms. The Labute approximate surface area is 164 Å². The summed E-state index contributed by atoms with van der Waals surface area (Å²) in [7, 11) is 1.75. The molecule has 0 aliphatic heterocycles. The first-order chi connectivity index (χ1) is 13.3. The van der Waals surface area contributed by atoms with E-state index in [4.69, 9.17) is 0 Å². The molecule has 6 nitrogen and oxygen atoms in total. The van der Waals surface area contributed by atoms with Crippen LogP contribution in [0, 0.1) is 0 Å². The number of nitrogens with one attached hydrogen (secondary N) is 2. The van der Waals surface area contributed by atoms with Crippen LogP contribution in [0.4, 0.5) is 20.5 Å². The number of halogens is 2. The summed E-state index contributed by atoms with van der Waals surface area (Å²) in [6.07, 6.45) is 1.57. The Hall–Kier alpha value is -2.77. The third-order valence-corrected chi connectivity index (χ3v) is 4.09. The molecule has 0 spiro atoms. The third kappa shape index (κ3) is 5.61. The van der Waals surface area contributed by atoms with Crippen LogP contribution in [0.3, 0.4) is 0 Å². The number of hydrogen-bond donors (Lipinski definition) is 2. The Morgan fingerprint density at radius 2 is 1.79 bits per heavy atom. The molecule has 0 bridgehead atoms. The summed E-state index contributed by atoms with van der Waals surface area (Å²) in [5.41, 5.74) is 1.78. The van der Waals surface area contributed by atoms with E-state index in [2.05, 4.69) is 44.8 Å². The number of nitrogens with zero attached hydrogens (tertiary/aromatic N) is 4. The third-order valence-electron chi connectivity index (χ3n) is 4.09. The number of anilines is 2. The van der Waals surface area contributed by atoms with Crippen LogP contribution in [0.5, 0.6) is 0 Å². The lowest BCUT2D eigenvalue weighted by Crippen LogP contribution is -2.23. The molecule has 1 unspecified atom stereocenters. The highest BCUT2D eigenvalue weighted by Gasteiger charge is 2.22. The van der Waals surface area contributed by atoms with Crippen LogP contribution in [0.25, 0.3) is 11.0 Å². The summed E-state index contributed by atoms with van der Waals surface area (Å²) < 4.78 is 28.0. The van der Waals surface area contributed by atoms with Crippen LogP contribution >= 0.6 is 0 Å². The van der Waals surface area contributed by atoms with Crippen LogP contribution in [-0.4, -0.2) is 38.8 Å². The van der Waals surface area contributed by atoms with Gasteiger partial charge in [-0.25, -0.2) is 8.78 Å². The fourth-order valence-corrected chi connectivity index (χ4v) is 2.62. The molecule has 2 N–H and O–H groups in total. The molecule has 0 aliphatic rings. The molecule has 0 saturated carbocycles. The standard InChI is InChI=1S/C18H22F2N6.C2H6/c1-12(13-7-5-4-6-8-13)9-21-17-24-15(22-11-18(2,19)20)14-10-23-26(3)16(14)25-17;1-2/h4-8,10,12H,9,11H2,1-3H3,(H2,21,22,24,25);1-2H3. The zero-order chi connectivity index (χ0) is 20.7. The maximum atomic E-state index is 13.2. The lowest BCUT2D eigenvalue weighted by molar-refractivity contribution is 0.0367. The summed E-state index contributed by atoms with van der Waals surface area (Å²) in [5.74, 6) is -1.86. The van der Waals surface area contributed by atoms with Gasteiger partial charge in [0.15, 0.2) is 5.65 Å². The molecule has 3 rings (SSSR count). The van der Waals surface area contributed by atoms with Crippen LogP contribution in [0.1, 0.15) is 39.2 Å². The molecule has 152 valence electrons. The quantitative estimate of drug-likeness (QED) is 0.613. The topological polar surface area (TPSA) is 67.7 Å². The number of hydrogen-bond acceptors (Lipinski definition) is 5. The van der Waals surface area contributed by atoms with E-state index in [-0.39, 0.29) is 5.92 Å². The number of alkyl halides is 2. The molecule has 8 heteroatoms.